The summed E-state index contributed by atoms with van der Waals surface area (Å²) in [6.45, 7) is 6.95. The Labute approximate surface area is 85.5 Å². The second kappa shape index (κ2) is 5.05. The highest BCUT2D eigenvalue weighted by Gasteiger charge is 2.08. The summed E-state index contributed by atoms with van der Waals surface area (Å²) in [6, 6.07) is 1.83. The van der Waals surface area contributed by atoms with Crippen LogP contribution in [0, 0.1) is 0 Å². The Balaban J connectivity index is 2.17. The van der Waals surface area contributed by atoms with Crippen molar-refractivity contribution in [3.8, 4) is 0 Å². The highest BCUT2D eigenvalue weighted by Crippen LogP contribution is 2.07. The molecule has 78 valence electrons. The van der Waals surface area contributed by atoms with E-state index in [1.54, 1.807) is 12.4 Å². The van der Waals surface area contributed by atoms with Gasteiger partial charge in [-0.1, -0.05) is 0 Å². The first-order chi connectivity index (χ1) is 6.58. The summed E-state index contributed by atoms with van der Waals surface area (Å²) in [4.78, 5) is 8.29. The monoisotopic (exact) mass is 194 g/mol. The molecule has 3 heteroatoms. The highest BCUT2D eigenvalue weighted by atomic mass is 16.5. The number of nitrogens with zero attached hydrogens (tertiary/aromatic N) is 2. The maximum absolute atomic E-state index is 5.60. The number of hydrogen-bond acceptors (Lipinski definition) is 3. The van der Waals surface area contributed by atoms with E-state index in [4.69, 9.17) is 4.74 Å². The first-order valence-corrected chi connectivity index (χ1v) is 4.98. The highest BCUT2D eigenvalue weighted by molar-refractivity contribution is 4.88. The third-order valence-electron chi connectivity index (χ3n) is 1.70. The maximum atomic E-state index is 5.60. The Kier molecular flexibility index (Phi) is 4.01. The summed E-state index contributed by atoms with van der Waals surface area (Å²) in [7, 11) is 0. The zero-order valence-electron chi connectivity index (χ0n) is 9.16. The van der Waals surface area contributed by atoms with Crippen LogP contribution >= 0.6 is 0 Å². The lowest BCUT2D eigenvalue weighted by atomic mass is 10.2. The average molecular weight is 194 g/mol. The van der Waals surface area contributed by atoms with E-state index in [0.717, 1.165) is 25.3 Å². The van der Waals surface area contributed by atoms with Crippen molar-refractivity contribution >= 4 is 0 Å². The molecule has 1 rings (SSSR count). The van der Waals surface area contributed by atoms with Gasteiger partial charge in [0.15, 0.2) is 0 Å². The van der Waals surface area contributed by atoms with Crippen molar-refractivity contribution < 1.29 is 4.74 Å². The predicted molar refractivity (Wildman–Crippen MR) is 56.1 cm³/mol. The van der Waals surface area contributed by atoms with Gasteiger partial charge in [-0.05, 0) is 33.3 Å². The van der Waals surface area contributed by atoms with Crippen LogP contribution < -0.4 is 0 Å². The van der Waals surface area contributed by atoms with Gasteiger partial charge in [-0.3, -0.25) is 0 Å². The van der Waals surface area contributed by atoms with E-state index in [1.165, 1.54) is 0 Å². The zero-order chi connectivity index (χ0) is 10.4. The van der Waals surface area contributed by atoms with E-state index in [0.29, 0.717) is 0 Å². The second-order valence-electron chi connectivity index (χ2n) is 4.23. The van der Waals surface area contributed by atoms with Gasteiger partial charge in [-0.2, -0.15) is 0 Å². The van der Waals surface area contributed by atoms with Gasteiger partial charge < -0.3 is 4.74 Å². The molecule has 0 saturated carbocycles. The summed E-state index contributed by atoms with van der Waals surface area (Å²) in [6.07, 6.45) is 5.40. The molecule has 0 aliphatic rings. The molecule has 0 atom stereocenters. The molecule has 14 heavy (non-hydrogen) atoms. The Bertz CT molecular complexity index is 254. The van der Waals surface area contributed by atoms with Crippen LogP contribution in [0.2, 0.25) is 0 Å². The summed E-state index contributed by atoms with van der Waals surface area (Å²) < 4.78 is 5.60. The van der Waals surface area contributed by atoms with E-state index in [-0.39, 0.29) is 5.60 Å². The van der Waals surface area contributed by atoms with Crippen LogP contribution in [0.3, 0.4) is 0 Å². The summed E-state index contributed by atoms with van der Waals surface area (Å²) >= 11 is 0. The minimum Gasteiger partial charge on any atom is -0.376 e. The van der Waals surface area contributed by atoms with Crippen LogP contribution in [0.4, 0.5) is 0 Å². The van der Waals surface area contributed by atoms with Gasteiger partial charge in [0.25, 0.3) is 0 Å². The third-order valence-corrected chi connectivity index (χ3v) is 1.70. The van der Waals surface area contributed by atoms with E-state index in [1.807, 2.05) is 6.07 Å². The molecule has 0 saturated heterocycles. The van der Waals surface area contributed by atoms with Crippen LogP contribution in [-0.2, 0) is 11.2 Å². The largest absolute Gasteiger partial charge is 0.376 e. The second-order valence-corrected chi connectivity index (χ2v) is 4.23. The van der Waals surface area contributed by atoms with Crippen molar-refractivity contribution in [3.63, 3.8) is 0 Å². The number of aryl methyl sites for hydroxylation is 1. The van der Waals surface area contributed by atoms with Crippen molar-refractivity contribution in [2.45, 2.75) is 39.2 Å². The molecular weight excluding hydrogens is 176 g/mol. The molecule has 0 unspecified atom stereocenters. The molecule has 0 aliphatic heterocycles. The molecule has 1 aromatic rings. The lowest BCUT2D eigenvalue weighted by molar-refractivity contribution is -0.00400. The summed E-state index contributed by atoms with van der Waals surface area (Å²) in [5, 5.41) is 0. The Morgan fingerprint density at radius 1 is 1.21 bits per heavy atom. The fourth-order valence-electron chi connectivity index (χ4n) is 1.07. The van der Waals surface area contributed by atoms with Gasteiger partial charge >= 0.3 is 0 Å². The lowest BCUT2D eigenvalue weighted by Crippen LogP contribution is -2.20. The summed E-state index contributed by atoms with van der Waals surface area (Å²) in [5.41, 5.74) is -0.0441. The van der Waals surface area contributed by atoms with Gasteiger partial charge in [-0.25, -0.2) is 9.97 Å². The average Bonchev–Trinajstić information content (AvgIpc) is 2.13. The van der Waals surface area contributed by atoms with E-state index in [2.05, 4.69) is 30.7 Å². The van der Waals surface area contributed by atoms with E-state index < -0.39 is 0 Å². The zero-order valence-corrected chi connectivity index (χ0v) is 9.16. The van der Waals surface area contributed by atoms with Gasteiger partial charge in [0.05, 0.1) is 5.60 Å². The van der Waals surface area contributed by atoms with Crippen molar-refractivity contribution in [3.05, 3.63) is 24.3 Å². The minimum absolute atomic E-state index is 0.0441. The molecule has 0 bridgehead atoms. The minimum atomic E-state index is -0.0441. The van der Waals surface area contributed by atoms with E-state index >= 15 is 0 Å². The van der Waals surface area contributed by atoms with Crippen LogP contribution in [0.1, 0.15) is 33.0 Å². The van der Waals surface area contributed by atoms with Crippen molar-refractivity contribution in [2.24, 2.45) is 0 Å². The molecule has 0 radical (unpaired) electrons. The number of hydrogen-bond donors (Lipinski definition) is 0. The Morgan fingerprint density at radius 2 is 1.86 bits per heavy atom. The van der Waals surface area contributed by atoms with Crippen molar-refractivity contribution in [1.29, 1.82) is 0 Å². The molecule has 0 spiro atoms. The predicted octanol–water partition coefficient (Wildman–Crippen LogP) is 2.22. The fraction of sp³-hybridized carbons (Fsp3) is 0.636. The first-order valence-electron chi connectivity index (χ1n) is 4.98. The van der Waals surface area contributed by atoms with Crippen LogP contribution in [0.25, 0.3) is 0 Å². The topological polar surface area (TPSA) is 35.0 Å². The van der Waals surface area contributed by atoms with Crippen molar-refractivity contribution in [1.82, 2.24) is 9.97 Å². The Morgan fingerprint density at radius 3 is 2.43 bits per heavy atom. The third kappa shape index (κ3) is 4.92. The number of rotatable bonds is 4. The fourth-order valence-corrected chi connectivity index (χ4v) is 1.07. The summed E-state index contributed by atoms with van der Waals surface area (Å²) in [5.74, 6) is 0.894. The molecule has 0 amide bonds. The van der Waals surface area contributed by atoms with Gasteiger partial charge in [-0.15, -0.1) is 0 Å². The first kappa shape index (κ1) is 11.1. The Hall–Kier alpha value is -0.960. The molecular formula is C11H18N2O. The van der Waals surface area contributed by atoms with Crippen LogP contribution in [0.15, 0.2) is 18.5 Å². The maximum Gasteiger partial charge on any atom is 0.128 e. The van der Waals surface area contributed by atoms with Gasteiger partial charge in [0, 0.05) is 25.4 Å². The molecule has 1 aromatic heterocycles. The number of aromatic nitrogens is 2. The SMILES string of the molecule is CC(C)(C)OCCCc1ncccn1. The standard InChI is InChI=1S/C11H18N2O/c1-11(2,3)14-9-4-6-10-12-7-5-8-13-10/h5,7-8H,4,6,9H2,1-3H3. The molecule has 1 heterocycles. The molecule has 0 fully saturated rings. The van der Waals surface area contributed by atoms with Crippen LogP contribution in [0.5, 0.6) is 0 Å². The van der Waals surface area contributed by atoms with Gasteiger partial charge in [0.2, 0.25) is 0 Å². The normalized spacial score (nSPS) is 11.6. The molecule has 0 aliphatic carbocycles. The van der Waals surface area contributed by atoms with Crippen molar-refractivity contribution in [2.75, 3.05) is 6.61 Å². The quantitative estimate of drug-likeness (QED) is 0.689. The molecule has 0 N–H and O–H groups in total. The van der Waals surface area contributed by atoms with E-state index in [9.17, 15) is 0 Å². The lowest BCUT2D eigenvalue weighted by Gasteiger charge is -2.19. The number of ether oxygens (including phenoxy) is 1. The van der Waals surface area contributed by atoms with Crippen LogP contribution in [-0.4, -0.2) is 22.2 Å². The smallest absolute Gasteiger partial charge is 0.128 e. The molecule has 0 aromatic carbocycles. The molecule has 3 nitrogen and oxygen atoms in total. The van der Waals surface area contributed by atoms with Gasteiger partial charge in [0.1, 0.15) is 5.82 Å².